The van der Waals surface area contributed by atoms with E-state index in [4.69, 9.17) is 0 Å². The number of benzene rings is 1. The molecule has 0 aliphatic heterocycles. The second-order valence-electron chi connectivity index (χ2n) is 4.68. The Balaban J connectivity index is 2.85. The molecule has 18 heavy (non-hydrogen) atoms. The molecule has 0 heterocycles. The van der Waals surface area contributed by atoms with Gasteiger partial charge >= 0.3 is 12.3 Å². The first kappa shape index (κ1) is 15.5. The van der Waals surface area contributed by atoms with Crippen molar-refractivity contribution < 1.29 is 17.6 Å². The van der Waals surface area contributed by atoms with E-state index in [1.807, 2.05) is 13.8 Å². The van der Waals surface area contributed by atoms with Crippen LogP contribution in [0.25, 0.3) is 0 Å². The molecule has 1 unspecified atom stereocenters. The summed E-state index contributed by atoms with van der Waals surface area (Å²) in [5.74, 6) is -3.61. The van der Waals surface area contributed by atoms with E-state index in [1.165, 1.54) is 12.1 Å². The van der Waals surface area contributed by atoms with Crippen LogP contribution in [0.3, 0.4) is 0 Å². The number of rotatable bonds is 5. The Kier molecular flexibility index (Phi) is 5.20. The van der Waals surface area contributed by atoms with Crippen molar-refractivity contribution >= 4 is 15.9 Å². The molecule has 1 atom stereocenters. The van der Waals surface area contributed by atoms with E-state index in [9.17, 15) is 17.6 Å². The molecule has 1 aromatic carbocycles. The predicted octanol–water partition coefficient (Wildman–Crippen LogP) is 5.22. The summed E-state index contributed by atoms with van der Waals surface area (Å²) >= 11 is 2.65. The van der Waals surface area contributed by atoms with Crippen LogP contribution in [0.2, 0.25) is 0 Å². The van der Waals surface area contributed by atoms with Crippen LogP contribution >= 0.6 is 15.9 Å². The Morgan fingerprint density at radius 1 is 1.11 bits per heavy atom. The van der Waals surface area contributed by atoms with Crippen LogP contribution in [0.15, 0.2) is 24.3 Å². The molecule has 0 saturated heterocycles. The van der Waals surface area contributed by atoms with Gasteiger partial charge in [0, 0.05) is 0 Å². The van der Waals surface area contributed by atoms with Gasteiger partial charge in [-0.15, -0.1) is 0 Å². The minimum atomic E-state index is -4.07. The van der Waals surface area contributed by atoms with Gasteiger partial charge in [-0.3, -0.25) is 0 Å². The van der Waals surface area contributed by atoms with Gasteiger partial charge in [0.2, 0.25) is 0 Å². The Morgan fingerprint density at radius 2 is 1.61 bits per heavy atom. The molecule has 0 radical (unpaired) electrons. The largest absolute Gasteiger partial charge is 0.323 e. The van der Waals surface area contributed by atoms with Crippen molar-refractivity contribution in [3.05, 3.63) is 35.4 Å². The fourth-order valence-corrected chi connectivity index (χ4v) is 2.13. The molecule has 0 N–H and O–H groups in total. The third-order valence-electron chi connectivity index (χ3n) is 2.55. The Labute approximate surface area is 113 Å². The highest BCUT2D eigenvalue weighted by Crippen LogP contribution is 2.42. The average Bonchev–Trinajstić information content (AvgIpc) is 2.28. The van der Waals surface area contributed by atoms with Gasteiger partial charge in [-0.1, -0.05) is 54.0 Å². The fourth-order valence-electron chi connectivity index (χ4n) is 1.63. The molecule has 0 bridgehead atoms. The maximum absolute atomic E-state index is 13.1. The first-order valence-corrected chi connectivity index (χ1v) is 6.55. The molecule has 0 aliphatic rings. The highest BCUT2D eigenvalue weighted by Gasteiger charge is 2.48. The molecule has 0 nitrogen and oxygen atoms in total. The van der Waals surface area contributed by atoms with Gasteiger partial charge in [-0.25, -0.2) is 8.78 Å². The Morgan fingerprint density at radius 3 is 2.00 bits per heavy atom. The van der Waals surface area contributed by atoms with E-state index in [-0.39, 0.29) is 5.56 Å². The lowest BCUT2D eigenvalue weighted by Crippen LogP contribution is -2.31. The third kappa shape index (κ3) is 3.70. The smallest absolute Gasteiger partial charge is 0.204 e. The summed E-state index contributed by atoms with van der Waals surface area (Å²) in [5.41, 5.74) is 1.17. The van der Waals surface area contributed by atoms with E-state index in [0.717, 1.165) is 12.0 Å². The van der Waals surface area contributed by atoms with Crippen LogP contribution in [0, 0.1) is 5.92 Å². The van der Waals surface area contributed by atoms with Crippen molar-refractivity contribution in [1.82, 2.24) is 0 Å². The molecule has 0 aliphatic carbocycles. The first-order chi connectivity index (χ1) is 8.25. The number of hydrogen-bond donors (Lipinski definition) is 0. The van der Waals surface area contributed by atoms with Gasteiger partial charge in [0.15, 0.2) is 0 Å². The Bertz CT molecular complexity index is 373. The summed E-state index contributed by atoms with van der Waals surface area (Å²) in [6.07, 6.45) is -2.85. The van der Waals surface area contributed by atoms with Gasteiger partial charge in [0.1, 0.15) is 4.83 Å². The highest BCUT2D eigenvalue weighted by molar-refractivity contribution is 9.09. The van der Waals surface area contributed by atoms with Crippen molar-refractivity contribution in [3.8, 4) is 0 Å². The number of hydrogen-bond acceptors (Lipinski definition) is 0. The zero-order valence-corrected chi connectivity index (χ0v) is 11.7. The van der Waals surface area contributed by atoms with Crippen LogP contribution in [0.4, 0.5) is 17.6 Å². The fraction of sp³-hybridized carbons (Fsp3) is 0.538. The normalized spacial score (nSPS) is 14.3. The van der Waals surface area contributed by atoms with E-state index >= 15 is 0 Å². The van der Waals surface area contributed by atoms with E-state index in [0.29, 0.717) is 5.92 Å². The SMILES string of the molecule is CC(C)Cc1ccc(C(Br)C(F)(F)C(F)F)cc1. The molecule has 0 fully saturated rings. The van der Waals surface area contributed by atoms with Gasteiger partial charge in [-0.05, 0) is 23.5 Å². The molecule has 1 rings (SSSR count). The quantitative estimate of drug-likeness (QED) is 0.514. The molecule has 0 spiro atoms. The van der Waals surface area contributed by atoms with Gasteiger partial charge in [0.25, 0.3) is 0 Å². The zero-order chi connectivity index (χ0) is 13.9. The molecular weight excluding hydrogens is 312 g/mol. The van der Waals surface area contributed by atoms with E-state index < -0.39 is 17.2 Å². The minimum Gasteiger partial charge on any atom is -0.204 e. The molecule has 0 amide bonds. The van der Waals surface area contributed by atoms with Crippen molar-refractivity contribution in [2.75, 3.05) is 0 Å². The minimum absolute atomic E-state index is 0.160. The average molecular weight is 327 g/mol. The maximum Gasteiger partial charge on any atom is 0.323 e. The van der Waals surface area contributed by atoms with Gasteiger partial charge in [0.05, 0.1) is 0 Å². The molecular formula is C13H15BrF4. The van der Waals surface area contributed by atoms with Crippen molar-refractivity contribution in [3.63, 3.8) is 0 Å². The Hall–Kier alpha value is -0.580. The second kappa shape index (κ2) is 6.04. The predicted molar refractivity (Wildman–Crippen MR) is 67.6 cm³/mol. The first-order valence-electron chi connectivity index (χ1n) is 5.64. The summed E-state index contributed by atoms with van der Waals surface area (Å²) in [6, 6.07) is 6.33. The van der Waals surface area contributed by atoms with E-state index in [2.05, 4.69) is 15.9 Å². The number of halogens is 5. The van der Waals surface area contributed by atoms with Crippen LogP contribution in [-0.4, -0.2) is 12.3 Å². The van der Waals surface area contributed by atoms with Crippen molar-refractivity contribution in [2.45, 2.75) is 37.4 Å². The second-order valence-corrected chi connectivity index (χ2v) is 5.59. The molecule has 102 valence electrons. The van der Waals surface area contributed by atoms with Crippen LogP contribution < -0.4 is 0 Å². The van der Waals surface area contributed by atoms with Crippen molar-refractivity contribution in [2.24, 2.45) is 5.92 Å². The van der Waals surface area contributed by atoms with Crippen LogP contribution in [0.1, 0.15) is 29.8 Å². The third-order valence-corrected chi connectivity index (χ3v) is 3.68. The van der Waals surface area contributed by atoms with E-state index in [1.54, 1.807) is 12.1 Å². The summed E-state index contributed by atoms with van der Waals surface area (Å²) in [5, 5.41) is 0. The lowest BCUT2D eigenvalue weighted by Gasteiger charge is -2.21. The summed E-state index contributed by atoms with van der Waals surface area (Å²) in [7, 11) is 0. The summed E-state index contributed by atoms with van der Waals surface area (Å²) in [6.45, 7) is 4.10. The highest BCUT2D eigenvalue weighted by atomic mass is 79.9. The summed E-state index contributed by atoms with van der Waals surface area (Å²) < 4.78 is 50.7. The standard InChI is InChI=1S/C13H15BrF4/c1-8(2)7-9-3-5-10(6-4-9)11(14)13(17,18)12(15)16/h3-6,8,11-12H,7H2,1-2H3. The lowest BCUT2D eigenvalue weighted by molar-refractivity contribution is -0.127. The van der Waals surface area contributed by atoms with Crippen LogP contribution in [0.5, 0.6) is 0 Å². The molecule has 0 saturated carbocycles. The van der Waals surface area contributed by atoms with Crippen LogP contribution in [-0.2, 0) is 6.42 Å². The topological polar surface area (TPSA) is 0 Å². The van der Waals surface area contributed by atoms with Crippen molar-refractivity contribution in [1.29, 1.82) is 0 Å². The summed E-state index contributed by atoms with van der Waals surface area (Å²) in [4.78, 5) is -1.67. The molecule has 1 aromatic rings. The molecule has 5 heteroatoms. The van der Waals surface area contributed by atoms with Gasteiger partial charge in [-0.2, -0.15) is 8.78 Å². The monoisotopic (exact) mass is 326 g/mol. The number of alkyl halides is 5. The van der Waals surface area contributed by atoms with Gasteiger partial charge < -0.3 is 0 Å². The molecule has 0 aromatic heterocycles. The zero-order valence-electron chi connectivity index (χ0n) is 10.1. The lowest BCUT2D eigenvalue weighted by atomic mass is 10.00. The maximum atomic E-state index is 13.1.